The quantitative estimate of drug-likeness (QED) is 0.778. The third-order valence-electron chi connectivity index (χ3n) is 2.99. The molecule has 1 heterocycles. The minimum absolute atomic E-state index is 0.109. The molecule has 0 atom stereocenters. The fraction of sp³-hybridized carbons (Fsp3) is 0.250. The van der Waals surface area contributed by atoms with Crippen molar-refractivity contribution < 1.29 is 23.8 Å². The molecule has 0 bridgehead atoms. The minimum Gasteiger partial charge on any atom is -0.479 e. The molecule has 0 saturated carbocycles. The number of aromatic nitrogens is 2. The lowest BCUT2D eigenvalue weighted by Gasteiger charge is -2.10. The molecule has 0 aliphatic carbocycles. The number of alkyl carbamates (subject to hydrolysis) is 1. The summed E-state index contributed by atoms with van der Waals surface area (Å²) in [6, 6.07) is 9.32. The number of nitrogens with one attached hydrogen (secondary N) is 2. The predicted octanol–water partition coefficient (Wildman–Crippen LogP) is 1.36. The number of hydrogen-bond acceptors (Lipinski definition) is 7. The molecule has 1 aromatic heterocycles. The van der Waals surface area contributed by atoms with Gasteiger partial charge in [-0.1, -0.05) is 30.3 Å². The summed E-state index contributed by atoms with van der Waals surface area (Å²) in [7, 11) is 2.81. The number of hydrogen-bond donors (Lipinski definition) is 2. The van der Waals surface area contributed by atoms with Gasteiger partial charge in [0.1, 0.15) is 18.8 Å². The van der Waals surface area contributed by atoms with Gasteiger partial charge < -0.3 is 24.8 Å². The maximum atomic E-state index is 11.9. The lowest BCUT2D eigenvalue weighted by molar-refractivity contribution is -0.115. The van der Waals surface area contributed by atoms with Crippen LogP contribution >= 0.6 is 0 Å². The van der Waals surface area contributed by atoms with E-state index in [2.05, 4.69) is 20.6 Å². The van der Waals surface area contributed by atoms with E-state index in [1.165, 1.54) is 20.4 Å². The van der Waals surface area contributed by atoms with E-state index in [-0.39, 0.29) is 30.7 Å². The van der Waals surface area contributed by atoms with Crippen molar-refractivity contribution in [1.82, 2.24) is 15.3 Å². The number of carbonyl (C=O) groups is 2. The second kappa shape index (κ2) is 9.06. The van der Waals surface area contributed by atoms with Crippen molar-refractivity contribution in [1.29, 1.82) is 0 Å². The summed E-state index contributed by atoms with van der Waals surface area (Å²) in [4.78, 5) is 31.3. The van der Waals surface area contributed by atoms with Gasteiger partial charge in [0, 0.05) is 0 Å². The Hall–Kier alpha value is -3.36. The van der Waals surface area contributed by atoms with E-state index in [1.807, 2.05) is 30.3 Å². The molecule has 1 aromatic carbocycles. The number of benzene rings is 1. The van der Waals surface area contributed by atoms with Crippen LogP contribution in [0.1, 0.15) is 5.56 Å². The van der Waals surface area contributed by atoms with Gasteiger partial charge in [-0.15, -0.1) is 0 Å². The lowest BCUT2D eigenvalue weighted by atomic mass is 10.2. The maximum Gasteiger partial charge on any atom is 0.407 e. The molecule has 2 aromatic rings. The monoisotopic (exact) mass is 346 g/mol. The standard InChI is InChI=1S/C16H18N4O5/c1-23-14-12(8-17-15(20-14)24-2)19-13(21)9-18-16(22)25-10-11-6-4-3-5-7-11/h3-8H,9-10H2,1-2H3,(H,18,22)(H,19,21). The largest absolute Gasteiger partial charge is 0.479 e. The second-order valence-electron chi connectivity index (χ2n) is 4.74. The smallest absolute Gasteiger partial charge is 0.407 e. The zero-order chi connectivity index (χ0) is 18.1. The van der Waals surface area contributed by atoms with Crippen LogP contribution in [0.3, 0.4) is 0 Å². The molecule has 0 fully saturated rings. The van der Waals surface area contributed by atoms with Crippen molar-refractivity contribution in [2.24, 2.45) is 0 Å². The topological polar surface area (TPSA) is 112 Å². The van der Waals surface area contributed by atoms with Crippen molar-refractivity contribution in [2.75, 3.05) is 26.1 Å². The van der Waals surface area contributed by atoms with Crippen LogP contribution in [-0.4, -0.2) is 42.7 Å². The Morgan fingerprint density at radius 1 is 1.12 bits per heavy atom. The number of amides is 2. The molecule has 0 aliphatic heterocycles. The Bertz CT molecular complexity index is 724. The molecule has 0 spiro atoms. The lowest BCUT2D eigenvalue weighted by Crippen LogP contribution is -2.33. The van der Waals surface area contributed by atoms with Crippen molar-refractivity contribution >= 4 is 17.7 Å². The fourth-order valence-corrected chi connectivity index (χ4v) is 1.81. The molecule has 132 valence electrons. The van der Waals surface area contributed by atoms with Gasteiger partial charge in [0.05, 0.1) is 20.4 Å². The Kier molecular flexibility index (Phi) is 6.52. The van der Waals surface area contributed by atoms with Crippen LogP contribution < -0.4 is 20.1 Å². The van der Waals surface area contributed by atoms with Gasteiger partial charge in [0.25, 0.3) is 0 Å². The van der Waals surface area contributed by atoms with Gasteiger partial charge in [-0.3, -0.25) is 4.79 Å². The molecule has 9 nitrogen and oxygen atoms in total. The third kappa shape index (κ3) is 5.65. The molecular formula is C16H18N4O5. The molecule has 25 heavy (non-hydrogen) atoms. The number of anilines is 1. The van der Waals surface area contributed by atoms with E-state index in [4.69, 9.17) is 14.2 Å². The van der Waals surface area contributed by atoms with Gasteiger partial charge in [0.15, 0.2) is 0 Å². The van der Waals surface area contributed by atoms with Crippen LogP contribution in [0.4, 0.5) is 10.5 Å². The summed E-state index contributed by atoms with van der Waals surface area (Å²) < 4.78 is 14.9. The summed E-state index contributed by atoms with van der Waals surface area (Å²) in [5.41, 5.74) is 1.11. The number of ether oxygens (including phenoxy) is 3. The predicted molar refractivity (Wildman–Crippen MR) is 88.4 cm³/mol. The SMILES string of the molecule is COc1ncc(NC(=O)CNC(=O)OCc2ccccc2)c(OC)n1. The highest BCUT2D eigenvalue weighted by Gasteiger charge is 2.12. The van der Waals surface area contributed by atoms with Crippen LogP contribution in [0, 0.1) is 0 Å². The van der Waals surface area contributed by atoms with Crippen molar-refractivity contribution in [2.45, 2.75) is 6.61 Å². The van der Waals surface area contributed by atoms with Gasteiger partial charge in [-0.2, -0.15) is 4.98 Å². The van der Waals surface area contributed by atoms with E-state index in [9.17, 15) is 9.59 Å². The zero-order valence-electron chi connectivity index (χ0n) is 13.8. The second-order valence-corrected chi connectivity index (χ2v) is 4.74. The Labute approximate surface area is 144 Å². The summed E-state index contributed by atoms with van der Waals surface area (Å²) in [5.74, 6) is -0.337. The normalized spacial score (nSPS) is 9.84. The number of rotatable bonds is 7. The van der Waals surface area contributed by atoms with E-state index in [0.29, 0.717) is 0 Å². The maximum absolute atomic E-state index is 11.9. The van der Waals surface area contributed by atoms with Gasteiger partial charge in [0.2, 0.25) is 11.8 Å². The van der Waals surface area contributed by atoms with Gasteiger partial charge in [-0.05, 0) is 5.56 Å². The summed E-state index contributed by atoms with van der Waals surface area (Å²) in [6.07, 6.45) is 0.646. The van der Waals surface area contributed by atoms with Crippen LogP contribution in [0.15, 0.2) is 36.5 Å². The highest BCUT2D eigenvalue weighted by Crippen LogP contribution is 2.22. The van der Waals surface area contributed by atoms with E-state index < -0.39 is 12.0 Å². The Balaban J connectivity index is 1.79. The number of nitrogens with zero attached hydrogens (tertiary/aromatic N) is 2. The van der Waals surface area contributed by atoms with Crippen LogP contribution in [0.25, 0.3) is 0 Å². The molecule has 0 aliphatic rings. The minimum atomic E-state index is -0.697. The van der Waals surface area contributed by atoms with Crippen molar-refractivity contribution in [3.63, 3.8) is 0 Å². The van der Waals surface area contributed by atoms with Crippen LogP contribution in [-0.2, 0) is 16.1 Å². The number of methoxy groups -OCH3 is 2. The van der Waals surface area contributed by atoms with Gasteiger partial charge in [-0.25, -0.2) is 9.78 Å². The molecule has 9 heteroatoms. The molecule has 2 rings (SSSR count). The first-order valence-electron chi connectivity index (χ1n) is 7.31. The van der Waals surface area contributed by atoms with Crippen molar-refractivity contribution in [3.8, 4) is 11.9 Å². The molecule has 0 unspecified atom stereocenters. The molecule has 2 N–H and O–H groups in total. The van der Waals surface area contributed by atoms with Crippen molar-refractivity contribution in [3.05, 3.63) is 42.1 Å². The Morgan fingerprint density at radius 3 is 2.56 bits per heavy atom. The highest BCUT2D eigenvalue weighted by molar-refractivity contribution is 5.94. The fourth-order valence-electron chi connectivity index (χ4n) is 1.81. The summed E-state index contributed by atoms with van der Waals surface area (Å²) in [5, 5.41) is 4.88. The average Bonchev–Trinajstić information content (AvgIpc) is 2.65. The first kappa shape index (κ1) is 18.0. The number of carbonyl (C=O) groups excluding carboxylic acids is 2. The summed E-state index contributed by atoms with van der Waals surface area (Å²) in [6.45, 7) is -0.156. The molecule has 0 radical (unpaired) electrons. The third-order valence-corrected chi connectivity index (χ3v) is 2.99. The zero-order valence-corrected chi connectivity index (χ0v) is 13.8. The van der Waals surface area contributed by atoms with E-state index >= 15 is 0 Å². The molecular weight excluding hydrogens is 328 g/mol. The van der Waals surface area contributed by atoms with E-state index in [0.717, 1.165) is 5.56 Å². The first-order valence-corrected chi connectivity index (χ1v) is 7.31. The average molecular weight is 346 g/mol. The summed E-state index contributed by atoms with van der Waals surface area (Å²) >= 11 is 0. The van der Waals surface area contributed by atoms with Crippen LogP contribution in [0.2, 0.25) is 0 Å². The van der Waals surface area contributed by atoms with E-state index in [1.54, 1.807) is 0 Å². The van der Waals surface area contributed by atoms with Crippen LogP contribution in [0.5, 0.6) is 11.9 Å². The van der Waals surface area contributed by atoms with Gasteiger partial charge >= 0.3 is 12.1 Å². The first-order chi connectivity index (χ1) is 12.1. The highest BCUT2D eigenvalue weighted by atomic mass is 16.5. The molecule has 0 saturated heterocycles. The molecule has 2 amide bonds. The Morgan fingerprint density at radius 2 is 1.88 bits per heavy atom.